The molecule has 0 amide bonds. The Labute approximate surface area is 136 Å². The second-order valence-corrected chi connectivity index (χ2v) is 5.54. The van der Waals surface area contributed by atoms with E-state index in [1.165, 1.54) is 0 Å². The number of anilines is 1. The zero-order chi connectivity index (χ0) is 16.1. The van der Waals surface area contributed by atoms with Gasteiger partial charge in [-0.05, 0) is 42.0 Å². The molecule has 0 saturated carbocycles. The zero-order valence-electron chi connectivity index (χ0n) is 12.7. The van der Waals surface area contributed by atoms with Gasteiger partial charge in [0, 0.05) is 24.3 Å². The molecular formula is C17H21ClN2O2. The molecular weight excluding hydrogens is 300 g/mol. The van der Waals surface area contributed by atoms with Crippen LogP contribution < -0.4 is 15.4 Å². The molecule has 0 aromatic heterocycles. The van der Waals surface area contributed by atoms with Gasteiger partial charge in [0.15, 0.2) is 0 Å². The number of likely N-dealkylation sites (N-methyl/N-ethyl adjacent to an activating group) is 1. The summed E-state index contributed by atoms with van der Waals surface area (Å²) in [6.07, 6.45) is -0.686. The van der Waals surface area contributed by atoms with E-state index in [0.717, 1.165) is 17.0 Å². The van der Waals surface area contributed by atoms with Crippen molar-refractivity contribution >= 4 is 17.3 Å². The number of aliphatic hydroxyl groups is 1. The first kappa shape index (κ1) is 16.6. The number of nitrogens with zero attached hydrogens (tertiary/aromatic N) is 1. The van der Waals surface area contributed by atoms with Gasteiger partial charge < -0.3 is 20.5 Å². The van der Waals surface area contributed by atoms with Gasteiger partial charge in [-0.1, -0.05) is 23.7 Å². The predicted molar refractivity (Wildman–Crippen MR) is 90.7 cm³/mol. The van der Waals surface area contributed by atoms with E-state index in [1.807, 2.05) is 60.5 Å². The highest BCUT2D eigenvalue weighted by Gasteiger charge is 2.25. The minimum atomic E-state index is -0.686. The predicted octanol–water partition coefficient (Wildman–Crippen LogP) is 2.85. The summed E-state index contributed by atoms with van der Waals surface area (Å²) in [6, 6.07) is 14.9. The second-order valence-electron chi connectivity index (χ2n) is 5.11. The highest BCUT2D eigenvalue weighted by Crippen LogP contribution is 2.30. The Morgan fingerprint density at radius 3 is 2.23 bits per heavy atom. The largest absolute Gasteiger partial charge is 0.497 e. The number of halogens is 1. The molecule has 5 heteroatoms. The summed E-state index contributed by atoms with van der Waals surface area (Å²) in [5.41, 5.74) is 7.61. The summed E-state index contributed by atoms with van der Waals surface area (Å²) in [5, 5.41) is 11.0. The summed E-state index contributed by atoms with van der Waals surface area (Å²) in [7, 11) is 3.55. The maximum atomic E-state index is 10.4. The Morgan fingerprint density at radius 2 is 1.73 bits per heavy atom. The van der Waals surface area contributed by atoms with Crippen molar-refractivity contribution in [1.82, 2.24) is 0 Å². The molecule has 0 aliphatic rings. The Hall–Kier alpha value is -1.75. The van der Waals surface area contributed by atoms with Gasteiger partial charge in [-0.3, -0.25) is 0 Å². The smallest absolute Gasteiger partial charge is 0.118 e. The highest BCUT2D eigenvalue weighted by molar-refractivity contribution is 6.30. The van der Waals surface area contributed by atoms with Gasteiger partial charge in [-0.2, -0.15) is 0 Å². The number of rotatable bonds is 6. The lowest BCUT2D eigenvalue weighted by molar-refractivity contribution is 0.150. The number of hydrogen-bond acceptors (Lipinski definition) is 4. The number of aliphatic hydroxyl groups excluding tert-OH is 1. The zero-order valence-corrected chi connectivity index (χ0v) is 13.5. The average Bonchev–Trinajstić information content (AvgIpc) is 2.56. The Bertz CT molecular complexity index is 587. The minimum Gasteiger partial charge on any atom is -0.497 e. The molecule has 2 unspecified atom stereocenters. The summed E-state index contributed by atoms with van der Waals surface area (Å²) in [5.74, 6) is 0.777. The molecule has 22 heavy (non-hydrogen) atoms. The van der Waals surface area contributed by atoms with Crippen molar-refractivity contribution in [1.29, 1.82) is 0 Å². The molecule has 0 spiro atoms. The summed E-state index contributed by atoms with van der Waals surface area (Å²) in [6.45, 7) is 0.175. The van der Waals surface area contributed by atoms with E-state index in [1.54, 1.807) is 7.11 Å². The van der Waals surface area contributed by atoms with Crippen LogP contribution in [0.1, 0.15) is 11.6 Å². The molecule has 3 N–H and O–H groups in total. The Kier molecular flexibility index (Phi) is 5.66. The van der Waals surface area contributed by atoms with Crippen LogP contribution in [0, 0.1) is 0 Å². The lowest BCUT2D eigenvalue weighted by Gasteiger charge is -2.33. The molecule has 0 aliphatic heterocycles. The van der Waals surface area contributed by atoms with Crippen LogP contribution in [0.25, 0.3) is 0 Å². The van der Waals surface area contributed by atoms with Crippen LogP contribution in [0.4, 0.5) is 5.69 Å². The fourth-order valence-corrected chi connectivity index (χ4v) is 2.60. The van der Waals surface area contributed by atoms with E-state index in [-0.39, 0.29) is 12.6 Å². The summed E-state index contributed by atoms with van der Waals surface area (Å²) >= 11 is 5.93. The third kappa shape index (κ3) is 3.71. The van der Waals surface area contributed by atoms with Gasteiger partial charge in [0.05, 0.1) is 19.3 Å². The van der Waals surface area contributed by atoms with E-state index >= 15 is 0 Å². The molecule has 0 heterocycles. The molecule has 0 bridgehead atoms. The quantitative estimate of drug-likeness (QED) is 0.859. The summed E-state index contributed by atoms with van der Waals surface area (Å²) in [4.78, 5) is 2.00. The molecule has 2 rings (SSSR count). The van der Waals surface area contributed by atoms with Crippen LogP contribution in [-0.2, 0) is 0 Å². The molecule has 2 atom stereocenters. The van der Waals surface area contributed by atoms with E-state index in [0.29, 0.717) is 5.02 Å². The first-order valence-corrected chi connectivity index (χ1v) is 7.45. The maximum absolute atomic E-state index is 10.4. The molecule has 0 radical (unpaired) electrons. The van der Waals surface area contributed by atoms with Crippen molar-refractivity contribution in [2.75, 3.05) is 25.6 Å². The van der Waals surface area contributed by atoms with Crippen LogP contribution in [0.5, 0.6) is 5.75 Å². The van der Waals surface area contributed by atoms with Gasteiger partial charge in [0.2, 0.25) is 0 Å². The lowest BCUT2D eigenvalue weighted by Crippen LogP contribution is -2.38. The first-order chi connectivity index (χ1) is 10.6. The molecule has 118 valence electrons. The van der Waals surface area contributed by atoms with Crippen molar-refractivity contribution in [2.24, 2.45) is 5.73 Å². The number of hydrogen-bond donors (Lipinski definition) is 2. The number of benzene rings is 2. The van der Waals surface area contributed by atoms with E-state index in [4.69, 9.17) is 22.1 Å². The van der Waals surface area contributed by atoms with Crippen LogP contribution >= 0.6 is 11.6 Å². The van der Waals surface area contributed by atoms with Crippen molar-refractivity contribution in [3.63, 3.8) is 0 Å². The van der Waals surface area contributed by atoms with E-state index in [9.17, 15) is 5.11 Å². The maximum Gasteiger partial charge on any atom is 0.118 e. The standard InChI is InChI=1S/C17H21ClN2O2/c1-20(14-7-5-13(18)6-8-14)17(16(21)11-19)12-3-9-15(22-2)10-4-12/h3-10,16-17,21H,11,19H2,1-2H3. The lowest BCUT2D eigenvalue weighted by atomic mass is 9.99. The average molecular weight is 321 g/mol. The molecule has 2 aromatic rings. The van der Waals surface area contributed by atoms with Crippen LogP contribution in [0.3, 0.4) is 0 Å². The van der Waals surface area contributed by atoms with Crippen LogP contribution in [0.15, 0.2) is 48.5 Å². The van der Waals surface area contributed by atoms with Gasteiger partial charge in [-0.25, -0.2) is 0 Å². The normalized spacial score (nSPS) is 13.5. The molecule has 0 aliphatic carbocycles. The van der Waals surface area contributed by atoms with E-state index < -0.39 is 6.10 Å². The van der Waals surface area contributed by atoms with Crippen molar-refractivity contribution in [2.45, 2.75) is 12.1 Å². The fraction of sp³-hybridized carbons (Fsp3) is 0.294. The van der Waals surface area contributed by atoms with Gasteiger partial charge in [0.25, 0.3) is 0 Å². The van der Waals surface area contributed by atoms with Gasteiger partial charge >= 0.3 is 0 Å². The number of methoxy groups -OCH3 is 1. The molecule has 0 saturated heterocycles. The second kappa shape index (κ2) is 7.49. The fourth-order valence-electron chi connectivity index (χ4n) is 2.47. The van der Waals surface area contributed by atoms with E-state index in [2.05, 4.69) is 0 Å². The number of nitrogens with two attached hydrogens (primary N) is 1. The SMILES string of the molecule is COc1ccc(C(C(O)CN)N(C)c2ccc(Cl)cc2)cc1. The Morgan fingerprint density at radius 1 is 1.14 bits per heavy atom. The van der Waals surface area contributed by atoms with Gasteiger partial charge in [-0.15, -0.1) is 0 Å². The molecule has 4 nitrogen and oxygen atoms in total. The summed E-state index contributed by atoms with van der Waals surface area (Å²) < 4.78 is 5.18. The minimum absolute atomic E-state index is 0.175. The number of ether oxygens (including phenoxy) is 1. The van der Waals surface area contributed by atoms with Gasteiger partial charge in [0.1, 0.15) is 5.75 Å². The van der Waals surface area contributed by atoms with Crippen molar-refractivity contribution in [3.8, 4) is 5.75 Å². The third-order valence-corrected chi connectivity index (χ3v) is 3.97. The third-order valence-electron chi connectivity index (χ3n) is 3.71. The Balaban J connectivity index is 2.34. The molecule has 2 aromatic carbocycles. The first-order valence-electron chi connectivity index (χ1n) is 7.07. The molecule has 0 fully saturated rings. The highest BCUT2D eigenvalue weighted by atomic mass is 35.5. The van der Waals surface area contributed by atoms with Crippen molar-refractivity contribution in [3.05, 3.63) is 59.1 Å². The van der Waals surface area contributed by atoms with Crippen LogP contribution in [0.2, 0.25) is 5.02 Å². The van der Waals surface area contributed by atoms with Crippen LogP contribution in [-0.4, -0.2) is 31.9 Å². The topological polar surface area (TPSA) is 58.7 Å². The monoisotopic (exact) mass is 320 g/mol. The van der Waals surface area contributed by atoms with Crippen molar-refractivity contribution < 1.29 is 9.84 Å².